The topological polar surface area (TPSA) is 167 Å². The number of nitrogens with zero attached hydrogens (tertiary/aromatic N) is 6. The fourth-order valence-electron chi connectivity index (χ4n) is 7.97. The Kier molecular flexibility index (Phi) is 9.30. The van der Waals surface area contributed by atoms with Gasteiger partial charge in [-0.05, 0) is 74.6 Å². The molecule has 15 heteroatoms. The number of carbonyl (C=O) groups is 4. The van der Waals surface area contributed by atoms with Crippen molar-refractivity contribution >= 4 is 52.1 Å². The Labute approximate surface area is 316 Å². The monoisotopic (exact) mass is 749 g/mol. The summed E-state index contributed by atoms with van der Waals surface area (Å²) >= 11 is 6.50. The summed E-state index contributed by atoms with van der Waals surface area (Å²) in [6, 6.07) is 14.7. The first-order valence-electron chi connectivity index (χ1n) is 18.1. The normalized spacial score (nSPS) is 20.1. The molecule has 3 aliphatic rings. The maximum absolute atomic E-state index is 13.4. The minimum Gasteiger partial charge on any atom is -0.453 e. The average molecular weight is 750 g/mol. The van der Waals surface area contributed by atoms with Gasteiger partial charge in [0, 0.05) is 62.5 Å². The summed E-state index contributed by atoms with van der Waals surface area (Å²) in [6.07, 6.45) is 7.13. The molecule has 3 aromatic heterocycles. The molecule has 0 saturated carbocycles. The van der Waals surface area contributed by atoms with Crippen LogP contribution < -0.4 is 20.3 Å². The zero-order valence-corrected chi connectivity index (χ0v) is 30.8. The Bertz CT molecular complexity index is 2270. The number of halogens is 1. The maximum Gasteiger partial charge on any atom is 0.251 e. The van der Waals surface area contributed by atoms with Gasteiger partial charge in [0.2, 0.25) is 17.7 Å². The Hall–Kier alpha value is -5.76. The fraction of sp³-hybridized carbons (Fsp3) is 0.359. The van der Waals surface area contributed by atoms with Gasteiger partial charge in [0.15, 0.2) is 11.4 Å². The van der Waals surface area contributed by atoms with E-state index in [4.69, 9.17) is 16.3 Å². The van der Waals surface area contributed by atoms with E-state index in [0.717, 1.165) is 54.9 Å². The number of benzene rings is 2. The number of imidazole rings is 1. The molecule has 2 aromatic carbocycles. The molecule has 14 nitrogen and oxygen atoms in total. The third-order valence-electron chi connectivity index (χ3n) is 10.8. The van der Waals surface area contributed by atoms with E-state index in [1.165, 1.54) is 6.20 Å². The first kappa shape index (κ1) is 35.3. The van der Waals surface area contributed by atoms with Gasteiger partial charge in [-0.25, -0.2) is 9.97 Å². The van der Waals surface area contributed by atoms with Gasteiger partial charge in [-0.3, -0.25) is 29.2 Å². The lowest BCUT2D eigenvalue weighted by Gasteiger charge is -2.40. The van der Waals surface area contributed by atoms with Crippen LogP contribution in [-0.4, -0.2) is 86.0 Å². The van der Waals surface area contributed by atoms with Crippen LogP contribution in [-0.2, 0) is 21.4 Å². The van der Waals surface area contributed by atoms with Crippen LogP contribution in [0.1, 0.15) is 59.6 Å². The molecule has 54 heavy (non-hydrogen) atoms. The van der Waals surface area contributed by atoms with Gasteiger partial charge in [-0.1, -0.05) is 23.7 Å². The summed E-state index contributed by atoms with van der Waals surface area (Å²) in [5.74, 6) is 0.189. The van der Waals surface area contributed by atoms with E-state index >= 15 is 0 Å². The van der Waals surface area contributed by atoms with Gasteiger partial charge < -0.3 is 24.8 Å². The minimum atomic E-state index is -0.358. The number of ether oxygens (including phenoxy) is 1. The first-order chi connectivity index (χ1) is 26.0. The fourth-order valence-corrected chi connectivity index (χ4v) is 8.15. The van der Waals surface area contributed by atoms with Crippen LogP contribution in [0.25, 0.3) is 22.6 Å². The lowest BCUT2D eigenvalue weighted by molar-refractivity contribution is -0.134. The number of rotatable bonds is 8. The van der Waals surface area contributed by atoms with Crippen LogP contribution in [0.4, 0.5) is 5.69 Å². The molecule has 1 unspecified atom stereocenters. The van der Waals surface area contributed by atoms with Gasteiger partial charge in [-0.15, -0.1) is 0 Å². The molecular formula is C39H40ClN9O5. The number of hydrogen-bond donors (Lipinski definition) is 3. The number of imide groups is 1. The van der Waals surface area contributed by atoms with E-state index in [-0.39, 0.29) is 41.5 Å². The summed E-state index contributed by atoms with van der Waals surface area (Å²) in [5.41, 5.74) is 4.99. The van der Waals surface area contributed by atoms with Gasteiger partial charge in [0.1, 0.15) is 22.1 Å². The lowest BCUT2D eigenvalue weighted by Crippen LogP contribution is -2.50. The highest BCUT2D eigenvalue weighted by molar-refractivity contribution is 6.32. The molecule has 6 heterocycles. The zero-order valence-electron chi connectivity index (χ0n) is 30.0. The molecule has 2 atom stereocenters. The van der Waals surface area contributed by atoms with E-state index in [1.807, 2.05) is 49.3 Å². The van der Waals surface area contributed by atoms with E-state index < -0.39 is 0 Å². The summed E-state index contributed by atoms with van der Waals surface area (Å²) in [6.45, 7) is 4.82. The van der Waals surface area contributed by atoms with Gasteiger partial charge in [-0.2, -0.15) is 5.10 Å². The highest BCUT2D eigenvalue weighted by Gasteiger charge is 2.42. The Morgan fingerprint density at radius 3 is 2.59 bits per heavy atom. The minimum absolute atomic E-state index is 0.0191. The van der Waals surface area contributed by atoms with E-state index in [0.29, 0.717) is 65.0 Å². The Morgan fingerprint density at radius 2 is 1.85 bits per heavy atom. The van der Waals surface area contributed by atoms with Crippen molar-refractivity contribution in [2.75, 3.05) is 37.6 Å². The molecule has 8 rings (SSSR count). The number of aromatic amines is 1. The predicted octanol–water partition coefficient (Wildman–Crippen LogP) is 4.88. The number of pyridine rings is 1. The molecule has 3 fully saturated rings. The lowest BCUT2D eigenvalue weighted by atomic mass is 9.79. The Morgan fingerprint density at radius 1 is 1.06 bits per heavy atom. The van der Waals surface area contributed by atoms with Gasteiger partial charge in [0.25, 0.3) is 5.91 Å². The van der Waals surface area contributed by atoms with E-state index in [2.05, 4.69) is 35.6 Å². The molecule has 0 aliphatic carbocycles. The number of aryl methyl sites for hydroxylation is 2. The van der Waals surface area contributed by atoms with Crippen LogP contribution in [0.5, 0.6) is 11.5 Å². The average Bonchev–Trinajstić information content (AvgIpc) is 3.88. The van der Waals surface area contributed by atoms with Crippen molar-refractivity contribution in [3.05, 3.63) is 82.8 Å². The van der Waals surface area contributed by atoms with Crippen LogP contribution in [0.3, 0.4) is 0 Å². The number of hydrogen-bond acceptors (Lipinski definition) is 9. The second-order valence-corrected chi connectivity index (χ2v) is 14.9. The van der Waals surface area contributed by atoms with Crippen molar-refractivity contribution in [1.29, 1.82) is 0 Å². The number of anilines is 1. The number of piperidine rings is 2. The Balaban J connectivity index is 0.853. The quantitative estimate of drug-likeness (QED) is 0.187. The highest BCUT2D eigenvalue weighted by Crippen LogP contribution is 2.41. The predicted molar refractivity (Wildman–Crippen MR) is 201 cm³/mol. The molecule has 3 N–H and O–H groups in total. The van der Waals surface area contributed by atoms with Crippen LogP contribution in [0.2, 0.25) is 5.02 Å². The van der Waals surface area contributed by atoms with Gasteiger partial charge in [0.05, 0.1) is 29.9 Å². The van der Waals surface area contributed by atoms with Crippen molar-refractivity contribution < 1.29 is 23.9 Å². The number of nitrogens with one attached hydrogen (secondary N) is 3. The summed E-state index contributed by atoms with van der Waals surface area (Å²) in [7, 11) is 1.84. The summed E-state index contributed by atoms with van der Waals surface area (Å²) in [4.78, 5) is 66.8. The van der Waals surface area contributed by atoms with Gasteiger partial charge >= 0.3 is 0 Å². The number of aromatic nitrogens is 5. The molecule has 1 spiro atoms. The molecule has 3 aliphatic heterocycles. The molecule has 3 saturated heterocycles. The highest BCUT2D eigenvalue weighted by atomic mass is 35.5. The molecule has 278 valence electrons. The zero-order chi connectivity index (χ0) is 37.6. The van der Waals surface area contributed by atoms with Crippen molar-refractivity contribution in [3.8, 4) is 22.9 Å². The SMILES string of the molecule is Cc1nn(C)cc1-c1nc2ncc(Cl)c(Oc3ccc(C(=O)NCC(=O)N4CCCC5(CCN(c6ccc([C@@H]7CCC(=O)NC7=O)cc6)C5)C4)cc3)c2[nH]1. The van der Waals surface area contributed by atoms with Crippen molar-refractivity contribution in [2.45, 2.75) is 44.9 Å². The number of fused-ring (bicyclic) bond motifs is 1. The van der Waals surface area contributed by atoms with Crippen LogP contribution in [0.15, 0.2) is 60.9 Å². The summed E-state index contributed by atoms with van der Waals surface area (Å²) in [5, 5.41) is 9.92. The van der Waals surface area contributed by atoms with Crippen LogP contribution >= 0.6 is 11.6 Å². The van der Waals surface area contributed by atoms with Crippen molar-refractivity contribution in [2.24, 2.45) is 12.5 Å². The number of H-pyrrole nitrogens is 1. The van der Waals surface area contributed by atoms with E-state index in [9.17, 15) is 19.2 Å². The van der Waals surface area contributed by atoms with Crippen molar-refractivity contribution in [1.82, 2.24) is 40.3 Å². The standard InChI is InChI=1S/C39H40ClN9O5/c1-23-29(20-47(2)46-23)35-44-33-34(30(40)18-41-36(33)45-35)54-27-10-6-25(7-11-27)37(52)42-19-32(51)49-16-3-14-39(22-49)15-17-48(21-39)26-8-4-24(5-9-26)28-12-13-31(50)43-38(28)53/h4-11,18,20,28H,3,12-17,19,21-22H2,1-2H3,(H,42,52)(H,41,44,45)(H,43,50,53)/t28-,39?/m0/s1. The summed E-state index contributed by atoms with van der Waals surface area (Å²) < 4.78 is 7.87. The molecule has 0 bridgehead atoms. The van der Waals surface area contributed by atoms with E-state index in [1.54, 1.807) is 28.9 Å². The van der Waals surface area contributed by atoms with Crippen LogP contribution in [0, 0.1) is 12.3 Å². The number of likely N-dealkylation sites (tertiary alicyclic amines) is 1. The van der Waals surface area contributed by atoms with Crippen molar-refractivity contribution in [3.63, 3.8) is 0 Å². The molecule has 4 amide bonds. The number of amides is 4. The third kappa shape index (κ3) is 7.00. The first-order valence-corrected chi connectivity index (χ1v) is 18.5. The second kappa shape index (κ2) is 14.2. The molecule has 5 aromatic rings. The smallest absolute Gasteiger partial charge is 0.251 e. The molecular weight excluding hydrogens is 710 g/mol. The maximum atomic E-state index is 13.4. The largest absolute Gasteiger partial charge is 0.453 e. The third-order valence-corrected chi connectivity index (χ3v) is 11.1. The molecule has 0 radical (unpaired) electrons. The number of carbonyl (C=O) groups excluding carboxylic acids is 4. The second-order valence-electron chi connectivity index (χ2n) is 14.5.